The summed E-state index contributed by atoms with van der Waals surface area (Å²) in [5.41, 5.74) is 1.14. The van der Waals surface area contributed by atoms with Gasteiger partial charge >= 0.3 is 6.03 Å². The Hall–Kier alpha value is -2.93. The molecule has 0 radical (unpaired) electrons. The Morgan fingerprint density at radius 3 is 1.96 bits per heavy atom. The number of aliphatic hydroxyl groups is 1. The maximum Gasteiger partial charge on any atom is 0.323 e. The van der Waals surface area contributed by atoms with Gasteiger partial charge in [-0.1, -0.05) is 12.1 Å². The Balaban J connectivity index is 1.87. The van der Waals surface area contributed by atoms with E-state index < -0.39 is 11.6 Å². The molecule has 138 valence electrons. The van der Waals surface area contributed by atoms with E-state index in [1.807, 2.05) is 0 Å². The maximum atomic E-state index is 12.8. The van der Waals surface area contributed by atoms with Gasteiger partial charge in [-0.25, -0.2) is 9.18 Å². The largest absolute Gasteiger partial charge is 0.394 e. The Kier molecular flexibility index (Phi) is 6.30. The van der Waals surface area contributed by atoms with Crippen LogP contribution >= 0.6 is 0 Å². The Morgan fingerprint density at radius 1 is 0.962 bits per heavy atom. The average Bonchev–Trinajstić information content (AvgIpc) is 2.58. The molecule has 0 bridgehead atoms. The molecule has 2 aromatic rings. The van der Waals surface area contributed by atoms with Gasteiger partial charge in [0.25, 0.3) is 0 Å². The standard InChI is InChI=1S/C19H22FN3O3/c1-19(2,12-24)23-17(25)11-13-3-7-15(8-4-13)21-18(26)22-16-9-5-14(20)6-10-16/h3-10,24H,11-12H2,1-2H3,(H,23,25)(H2,21,22,26). The summed E-state index contributed by atoms with van der Waals surface area (Å²) in [6, 6.07) is 11.8. The number of nitrogens with one attached hydrogen (secondary N) is 3. The van der Waals surface area contributed by atoms with Crippen molar-refractivity contribution in [3.63, 3.8) is 0 Å². The van der Waals surface area contributed by atoms with Crippen molar-refractivity contribution >= 4 is 23.3 Å². The van der Waals surface area contributed by atoms with Gasteiger partial charge in [0.1, 0.15) is 5.82 Å². The van der Waals surface area contributed by atoms with E-state index in [0.717, 1.165) is 5.56 Å². The fourth-order valence-electron chi connectivity index (χ4n) is 2.18. The van der Waals surface area contributed by atoms with Crippen LogP contribution in [0.3, 0.4) is 0 Å². The van der Waals surface area contributed by atoms with Crippen LogP contribution < -0.4 is 16.0 Å². The molecule has 0 aliphatic carbocycles. The molecule has 0 atom stereocenters. The van der Waals surface area contributed by atoms with Gasteiger partial charge in [0.2, 0.25) is 5.91 Å². The minimum absolute atomic E-state index is 0.148. The first-order valence-electron chi connectivity index (χ1n) is 8.12. The van der Waals surface area contributed by atoms with Crippen LogP contribution in [0.5, 0.6) is 0 Å². The SMILES string of the molecule is CC(C)(CO)NC(=O)Cc1ccc(NC(=O)Nc2ccc(F)cc2)cc1. The van der Waals surface area contributed by atoms with Crippen LogP contribution in [0.1, 0.15) is 19.4 Å². The maximum absolute atomic E-state index is 12.8. The quantitative estimate of drug-likeness (QED) is 0.639. The lowest BCUT2D eigenvalue weighted by Gasteiger charge is -2.23. The van der Waals surface area contributed by atoms with Crippen molar-refractivity contribution in [2.24, 2.45) is 0 Å². The second kappa shape index (κ2) is 8.44. The topological polar surface area (TPSA) is 90.5 Å². The van der Waals surface area contributed by atoms with Crippen LogP contribution in [0.15, 0.2) is 48.5 Å². The summed E-state index contributed by atoms with van der Waals surface area (Å²) in [4.78, 5) is 23.9. The number of anilines is 2. The first kappa shape index (κ1) is 19.4. The number of carbonyl (C=O) groups is 2. The van der Waals surface area contributed by atoms with Crippen molar-refractivity contribution in [1.82, 2.24) is 5.32 Å². The van der Waals surface area contributed by atoms with Gasteiger partial charge in [-0.05, 0) is 55.8 Å². The number of halogens is 1. The van der Waals surface area contributed by atoms with Crippen molar-refractivity contribution in [2.45, 2.75) is 25.8 Å². The number of aliphatic hydroxyl groups excluding tert-OH is 1. The number of benzene rings is 2. The van der Waals surface area contributed by atoms with Gasteiger partial charge in [0.15, 0.2) is 0 Å². The summed E-state index contributed by atoms with van der Waals surface area (Å²) in [6.45, 7) is 3.32. The molecule has 0 fully saturated rings. The molecule has 6 nitrogen and oxygen atoms in total. The second-order valence-electron chi connectivity index (χ2n) is 6.55. The second-order valence-corrected chi connectivity index (χ2v) is 6.55. The monoisotopic (exact) mass is 359 g/mol. The molecule has 0 unspecified atom stereocenters. The predicted octanol–water partition coefficient (Wildman–Crippen LogP) is 2.90. The van der Waals surface area contributed by atoms with E-state index in [2.05, 4.69) is 16.0 Å². The smallest absolute Gasteiger partial charge is 0.323 e. The first-order valence-corrected chi connectivity index (χ1v) is 8.12. The van der Waals surface area contributed by atoms with Crippen LogP contribution in [0, 0.1) is 5.82 Å². The molecular formula is C19H22FN3O3. The van der Waals surface area contributed by atoms with Crippen LogP contribution in [0.2, 0.25) is 0 Å². The normalized spacial score (nSPS) is 10.9. The van der Waals surface area contributed by atoms with E-state index in [1.165, 1.54) is 24.3 Å². The zero-order valence-electron chi connectivity index (χ0n) is 14.7. The Bertz CT molecular complexity index is 759. The molecule has 0 spiro atoms. The van der Waals surface area contributed by atoms with Crippen LogP contribution in [0.25, 0.3) is 0 Å². The molecule has 0 aliphatic rings. The van der Waals surface area contributed by atoms with Gasteiger partial charge in [-0.15, -0.1) is 0 Å². The number of rotatable bonds is 6. The van der Waals surface area contributed by atoms with Crippen LogP contribution in [-0.2, 0) is 11.2 Å². The molecule has 4 N–H and O–H groups in total. The fraction of sp³-hybridized carbons (Fsp3) is 0.263. The summed E-state index contributed by atoms with van der Waals surface area (Å²) < 4.78 is 12.8. The molecule has 0 aliphatic heterocycles. The van der Waals surface area contributed by atoms with Crippen molar-refractivity contribution in [3.05, 3.63) is 59.9 Å². The van der Waals surface area contributed by atoms with E-state index in [0.29, 0.717) is 11.4 Å². The highest BCUT2D eigenvalue weighted by atomic mass is 19.1. The van der Waals surface area contributed by atoms with Crippen molar-refractivity contribution in [2.75, 3.05) is 17.2 Å². The summed E-state index contributed by atoms with van der Waals surface area (Å²) >= 11 is 0. The highest BCUT2D eigenvalue weighted by Crippen LogP contribution is 2.13. The van der Waals surface area contributed by atoms with Gasteiger partial charge in [0, 0.05) is 11.4 Å². The van der Waals surface area contributed by atoms with Gasteiger partial charge in [-0.2, -0.15) is 0 Å². The van der Waals surface area contributed by atoms with Crippen molar-refractivity contribution < 1.29 is 19.1 Å². The number of hydrogen-bond acceptors (Lipinski definition) is 3. The highest BCUT2D eigenvalue weighted by Gasteiger charge is 2.18. The molecule has 2 aromatic carbocycles. The number of urea groups is 1. The van der Waals surface area contributed by atoms with Gasteiger partial charge in [0.05, 0.1) is 18.6 Å². The lowest BCUT2D eigenvalue weighted by atomic mass is 10.1. The molecule has 0 saturated carbocycles. The molecule has 0 saturated heterocycles. The van der Waals surface area contributed by atoms with Gasteiger partial charge < -0.3 is 21.1 Å². The number of amides is 3. The molecular weight excluding hydrogens is 337 g/mol. The molecule has 0 heterocycles. The summed E-state index contributed by atoms with van der Waals surface area (Å²) in [5.74, 6) is -0.572. The van der Waals surface area contributed by atoms with E-state index in [9.17, 15) is 14.0 Å². The molecule has 3 amide bonds. The van der Waals surface area contributed by atoms with Crippen LogP contribution in [-0.4, -0.2) is 29.2 Å². The number of hydrogen-bond donors (Lipinski definition) is 4. The third-order valence-electron chi connectivity index (χ3n) is 3.55. The van der Waals surface area contributed by atoms with Crippen molar-refractivity contribution in [3.8, 4) is 0 Å². The fourth-order valence-corrected chi connectivity index (χ4v) is 2.18. The third-order valence-corrected chi connectivity index (χ3v) is 3.55. The van der Waals surface area contributed by atoms with Crippen LogP contribution in [0.4, 0.5) is 20.6 Å². The van der Waals surface area contributed by atoms with E-state index in [-0.39, 0.29) is 24.8 Å². The zero-order chi connectivity index (χ0) is 19.2. The van der Waals surface area contributed by atoms with Crippen molar-refractivity contribution in [1.29, 1.82) is 0 Å². The summed E-state index contributed by atoms with van der Waals surface area (Å²) in [7, 11) is 0. The Morgan fingerprint density at radius 2 is 1.46 bits per heavy atom. The van der Waals surface area contributed by atoms with E-state index >= 15 is 0 Å². The minimum atomic E-state index is -0.670. The lowest BCUT2D eigenvalue weighted by Crippen LogP contribution is -2.46. The predicted molar refractivity (Wildman–Crippen MR) is 98.5 cm³/mol. The van der Waals surface area contributed by atoms with E-state index in [1.54, 1.807) is 38.1 Å². The minimum Gasteiger partial charge on any atom is -0.394 e. The third kappa shape index (κ3) is 6.18. The first-order chi connectivity index (χ1) is 12.3. The number of carbonyl (C=O) groups excluding carboxylic acids is 2. The van der Waals surface area contributed by atoms with Gasteiger partial charge in [-0.3, -0.25) is 4.79 Å². The molecule has 7 heteroatoms. The zero-order valence-corrected chi connectivity index (χ0v) is 14.7. The highest BCUT2D eigenvalue weighted by molar-refractivity contribution is 5.99. The molecule has 2 rings (SSSR count). The summed E-state index contributed by atoms with van der Waals surface area (Å²) in [6.07, 6.45) is 0.172. The molecule has 0 aromatic heterocycles. The van der Waals surface area contributed by atoms with E-state index in [4.69, 9.17) is 5.11 Å². The lowest BCUT2D eigenvalue weighted by molar-refractivity contribution is -0.122. The average molecular weight is 359 g/mol. The molecule has 26 heavy (non-hydrogen) atoms. The Labute approximate surface area is 151 Å². The summed E-state index contributed by atoms with van der Waals surface area (Å²) in [5, 5.41) is 17.2.